The number of fused-ring (bicyclic) bond motifs is 9. The molecule has 8 aromatic rings. The molecule has 4 heteroatoms. The monoisotopic (exact) mass is 689 g/mol. The predicted molar refractivity (Wildman–Crippen MR) is 216 cm³/mol. The zero-order valence-corrected chi connectivity index (χ0v) is 29.8. The minimum absolute atomic E-state index is 1.14. The molecule has 0 aliphatic carbocycles. The summed E-state index contributed by atoms with van der Waals surface area (Å²) in [6.45, 7) is 0. The second-order valence-electron chi connectivity index (χ2n) is 12.9. The van der Waals surface area contributed by atoms with Gasteiger partial charge in [0, 0.05) is 36.3 Å². The van der Waals surface area contributed by atoms with E-state index >= 15 is 0 Å². The van der Waals surface area contributed by atoms with Crippen molar-refractivity contribution in [3.8, 4) is 11.1 Å². The second kappa shape index (κ2) is 12.0. The van der Waals surface area contributed by atoms with Crippen LogP contribution >= 0.6 is 23.5 Å². The summed E-state index contributed by atoms with van der Waals surface area (Å²) in [4.78, 5) is 7.95. The molecule has 1 spiro atoms. The molecule has 2 aliphatic rings. The highest BCUT2D eigenvalue weighted by atomic mass is 32.2. The van der Waals surface area contributed by atoms with Gasteiger partial charge in [0.1, 0.15) is 0 Å². The molecule has 1 nitrogen and oxygen atoms in total. The Morgan fingerprint density at radius 3 is 1.52 bits per heavy atom. The summed E-state index contributed by atoms with van der Waals surface area (Å²) in [7, 11) is -2.71. The van der Waals surface area contributed by atoms with Gasteiger partial charge in [0.05, 0.1) is 5.69 Å². The van der Waals surface area contributed by atoms with Gasteiger partial charge in [-0.2, -0.15) is 0 Å². The van der Waals surface area contributed by atoms with Gasteiger partial charge >= 0.3 is 0 Å². The molecule has 10 rings (SSSR count). The van der Waals surface area contributed by atoms with E-state index in [0.717, 1.165) is 5.69 Å². The lowest BCUT2D eigenvalue weighted by Gasteiger charge is -2.44. The zero-order chi connectivity index (χ0) is 33.1. The molecule has 2 aliphatic heterocycles. The van der Waals surface area contributed by atoms with Crippen molar-refractivity contribution in [1.29, 1.82) is 0 Å². The molecule has 2 heterocycles. The van der Waals surface area contributed by atoms with Crippen LogP contribution in [0.2, 0.25) is 0 Å². The maximum atomic E-state index is 2.54. The van der Waals surface area contributed by atoms with Gasteiger partial charge in [-0.3, -0.25) is 0 Å². The van der Waals surface area contributed by atoms with Gasteiger partial charge < -0.3 is 4.90 Å². The first kappa shape index (κ1) is 29.6. The fraction of sp³-hybridized carbons (Fsp3) is 0. The molecular weight excluding hydrogens is 659 g/mol. The standard InChI is InChI=1S/C46H31NS2Si/c1-2-13-32(14-3-1)33-25-27-35(28-26-33)47(38-18-12-16-34-15-4-5-17-37(34)38)36-29-30-42-46(31-36)50(45-24-11-8-21-41(45)49-42)43-22-9-6-19-39(43)48-40-20-7-10-23-44(40)50/h1-31H. The average Bonchev–Trinajstić information content (AvgIpc) is 3.19. The van der Waals surface area contributed by atoms with E-state index in [-0.39, 0.29) is 0 Å². The third-order valence-corrected chi connectivity index (χ3v) is 18.2. The molecule has 0 bridgehead atoms. The molecule has 0 saturated heterocycles. The highest BCUT2D eigenvalue weighted by molar-refractivity contribution is 8.01. The summed E-state index contributed by atoms with van der Waals surface area (Å²) in [5.41, 5.74) is 5.92. The Kier molecular flexibility index (Phi) is 7.09. The fourth-order valence-corrected chi connectivity index (χ4v) is 17.2. The lowest BCUT2D eigenvalue weighted by Crippen LogP contribution is -2.78. The smallest absolute Gasteiger partial charge is 0.184 e. The Balaban J connectivity index is 1.25. The molecule has 0 aromatic heterocycles. The van der Waals surface area contributed by atoms with Crippen molar-refractivity contribution in [2.24, 2.45) is 0 Å². The number of hydrogen-bond donors (Lipinski definition) is 0. The summed E-state index contributed by atoms with van der Waals surface area (Å²) in [5, 5.41) is 8.38. The molecule has 0 N–H and O–H groups in total. The molecule has 0 radical (unpaired) electrons. The third kappa shape index (κ3) is 4.56. The number of hydrogen-bond acceptors (Lipinski definition) is 3. The summed E-state index contributed by atoms with van der Waals surface area (Å²) >= 11 is 3.85. The average molecular weight is 690 g/mol. The Morgan fingerprint density at radius 2 is 0.860 bits per heavy atom. The summed E-state index contributed by atoms with van der Waals surface area (Å²) in [6, 6.07) is 70.0. The zero-order valence-electron chi connectivity index (χ0n) is 27.2. The molecule has 0 saturated carbocycles. The number of anilines is 3. The van der Waals surface area contributed by atoms with Gasteiger partial charge in [-0.25, -0.2) is 0 Å². The summed E-state index contributed by atoms with van der Waals surface area (Å²) in [5.74, 6) is 0. The Morgan fingerprint density at radius 1 is 0.360 bits per heavy atom. The van der Waals surface area contributed by atoms with Crippen LogP contribution in [0, 0.1) is 0 Å². The van der Waals surface area contributed by atoms with Crippen LogP contribution in [0.4, 0.5) is 17.1 Å². The van der Waals surface area contributed by atoms with E-state index in [1.165, 1.54) is 73.6 Å². The molecular formula is C46H31NS2Si. The van der Waals surface area contributed by atoms with Crippen LogP contribution < -0.4 is 25.6 Å². The summed E-state index contributed by atoms with van der Waals surface area (Å²) < 4.78 is 0. The Hall–Kier alpha value is -5.26. The van der Waals surface area contributed by atoms with E-state index in [2.05, 4.69) is 193 Å². The van der Waals surface area contributed by atoms with Crippen LogP contribution in [0.25, 0.3) is 21.9 Å². The second-order valence-corrected chi connectivity index (χ2v) is 18.7. The van der Waals surface area contributed by atoms with Crippen molar-refractivity contribution in [1.82, 2.24) is 0 Å². The van der Waals surface area contributed by atoms with Crippen LogP contribution in [0.15, 0.2) is 208 Å². The van der Waals surface area contributed by atoms with E-state index in [0.29, 0.717) is 0 Å². The predicted octanol–water partition coefficient (Wildman–Crippen LogP) is 10.3. The van der Waals surface area contributed by atoms with Gasteiger partial charge in [-0.05, 0) is 91.9 Å². The van der Waals surface area contributed by atoms with Crippen molar-refractivity contribution < 1.29 is 0 Å². The van der Waals surface area contributed by atoms with Gasteiger partial charge in [0.15, 0.2) is 8.07 Å². The highest BCUT2D eigenvalue weighted by Gasteiger charge is 2.51. The first-order valence-electron chi connectivity index (χ1n) is 17.0. The molecule has 8 aromatic carbocycles. The molecule has 0 unspecified atom stereocenters. The quantitative estimate of drug-likeness (QED) is 0.169. The molecule has 0 atom stereocenters. The van der Waals surface area contributed by atoms with Crippen molar-refractivity contribution in [2.45, 2.75) is 19.6 Å². The lowest BCUT2D eigenvalue weighted by atomic mass is 10.0. The van der Waals surface area contributed by atoms with E-state index < -0.39 is 8.07 Å². The maximum Gasteiger partial charge on any atom is 0.184 e. The first-order chi connectivity index (χ1) is 24.8. The molecule has 236 valence electrons. The van der Waals surface area contributed by atoms with Crippen molar-refractivity contribution in [2.75, 3.05) is 4.90 Å². The van der Waals surface area contributed by atoms with Gasteiger partial charge in [-0.1, -0.05) is 157 Å². The topological polar surface area (TPSA) is 3.24 Å². The van der Waals surface area contributed by atoms with Crippen LogP contribution in [-0.4, -0.2) is 8.07 Å². The van der Waals surface area contributed by atoms with E-state index in [9.17, 15) is 0 Å². The van der Waals surface area contributed by atoms with Crippen LogP contribution in [0.3, 0.4) is 0 Å². The Bertz CT molecular complexity index is 2450. The van der Waals surface area contributed by atoms with Gasteiger partial charge in [-0.15, -0.1) is 0 Å². The minimum atomic E-state index is -2.71. The van der Waals surface area contributed by atoms with Crippen molar-refractivity contribution in [3.05, 3.63) is 188 Å². The normalized spacial score (nSPS) is 13.6. The van der Waals surface area contributed by atoms with Crippen molar-refractivity contribution in [3.63, 3.8) is 0 Å². The van der Waals surface area contributed by atoms with Gasteiger partial charge in [0.2, 0.25) is 0 Å². The number of rotatable bonds is 4. The lowest BCUT2D eigenvalue weighted by molar-refractivity contribution is 1.28. The number of nitrogens with zero attached hydrogens (tertiary/aromatic N) is 1. The largest absolute Gasteiger partial charge is 0.310 e. The fourth-order valence-electron chi connectivity index (χ4n) is 8.01. The molecule has 0 fully saturated rings. The summed E-state index contributed by atoms with van der Waals surface area (Å²) in [6.07, 6.45) is 0. The van der Waals surface area contributed by atoms with Crippen LogP contribution in [0.1, 0.15) is 0 Å². The van der Waals surface area contributed by atoms with E-state index in [1.807, 2.05) is 23.5 Å². The van der Waals surface area contributed by atoms with E-state index in [4.69, 9.17) is 0 Å². The minimum Gasteiger partial charge on any atom is -0.310 e. The van der Waals surface area contributed by atoms with Gasteiger partial charge in [0.25, 0.3) is 0 Å². The maximum absolute atomic E-state index is 2.71. The van der Waals surface area contributed by atoms with Crippen molar-refractivity contribution >= 4 is 80.2 Å². The highest BCUT2D eigenvalue weighted by Crippen LogP contribution is 2.43. The number of benzene rings is 8. The SMILES string of the molecule is c1ccc(-c2ccc(N(c3ccc4c(c3)[Si]3(c5ccccc5Sc5ccccc53)c3ccccc3S4)c3cccc4ccccc34)cc2)cc1. The van der Waals surface area contributed by atoms with E-state index in [1.54, 1.807) is 0 Å². The van der Waals surface area contributed by atoms with Crippen LogP contribution in [0.5, 0.6) is 0 Å². The Labute approximate surface area is 302 Å². The van der Waals surface area contributed by atoms with Crippen LogP contribution in [-0.2, 0) is 0 Å². The third-order valence-electron chi connectivity index (χ3n) is 10.2. The molecule has 0 amide bonds. The molecule has 50 heavy (non-hydrogen) atoms. The first-order valence-corrected chi connectivity index (χ1v) is 20.6.